The highest BCUT2D eigenvalue weighted by Gasteiger charge is 2.44. The Kier molecular flexibility index (Phi) is 5.70. The number of rotatable bonds is 5. The first-order valence-electron chi connectivity index (χ1n) is 8.97. The number of hydrogen-bond donors (Lipinski definition) is 0. The zero-order valence-electron chi connectivity index (χ0n) is 15.5. The fourth-order valence-corrected chi connectivity index (χ4v) is 3.93. The number of nitrogens with zero attached hydrogens (tertiary/aromatic N) is 1. The van der Waals surface area contributed by atoms with E-state index in [9.17, 15) is 9.18 Å². The van der Waals surface area contributed by atoms with Gasteiger partial charge in [-0.3, -0.25) is 0 Å². The summed E-state index contributed by atoms with van der Waals surface area (Å²) >= 11 is 3.42. The first-order chi connectivity index (χ1) is 12.8. The van der Waals surface area contributed by atoms with Gasteiger partial charge in [-0.2, -0.15) is 0 Å². The van der Waals surface area contributed by atoms with Crippen molar-refractivity contribution in [1.82, 2.24) is 4.90 Å². The van der Waals surface area contributed by atoms with E-state index in [1.165, 1.54) is 6.07 Å². The van der Waals surface area contributed by atoms with Crippen molar-refractivity contribution in [1.29, 1.82) is 0 Å². The standard InChI is InChI=1S/C22H23BrFNO2/c1-15(2)14-22(19-6-4-5-7-20(19)24)12-13-25(21(26)27-22)16(3)17-8-10-18(23)11-9-17/h4-11,16H,1,12-14H2,2-3H3. The van der Waals surface area contributed by atoms with Gasteiger partial charge in [-0.1, -0.05) is 58.4 Å². The maximum absolute atomic E-state index is 14.5. The predicted molar refractivity (Wildman–Crippen MR) is 108 cm³/mol. The van der Waals surface area contributed by atoms with Gasteiger partial charge in [-0.25, -0.2) is 9.18 Å². The largest absolute Gasteiger partial charge is 0.437 e. The van der Waals surface area contributed by atoms with Gasteiger partial charge in [-0.15, -0.1) is 0 Å². The Labute approximate surface area is 168 Å². The Morgan fingerprint density at radius 3 is 2.56 bits per heavy atom. The van der Waals surface area contributed by atoms with Crippen LogP contribution in [0.15, 0.2) is 65.2 Å². The van der Waals surface area contributed by atoms with Gasteiger partial charge in [0.05, 0.1) is 6.04 Å². The first kappa shape index (κ1) is 19.6. The molecule has 0 N–H and O–H groups in total. The zero-order valence-corrected chi connectivity index (χ0v) is 17.1. The average Bonchev–Trinajstić information content (AvgIpc) is 2.61. The molecule has 0 radical (unpaired) electrons. The van der Waals surface area contributed by atoms with Crippen molar-refractivity contribution in [2.45, 2.75) is 38.3 Å². The minimum atomic E-state index is -1.01. The fraction of sp³-hybridized carbons (Fsp3) is 0.318. The Morgan fingerprint density at radius 2 is 1.96 bits per heavy atom. The molecule has 3 rings (SSSR count). The summed E-state index contributed by atoms with van der Waals surface area (Å²) in [6.45, 7) is 8.28. The van der Waals surface area contributed by atoms with E-state index in [4.69, 9.17) is 4.74 Å². The van der Waals surface area contributed by atoms with Crippen LogP contribution in [-0.4, -0.2) is 17.5 Å². The molecule has 2 aromatic rings. The van der Waals surface area contributed by atoms with Gasteiger partial charge < -0.3 is 9.64 Å². The van der Waals surface area contributed by atoms with E-state index >= 15 is 0 Å². The van der Waals surface area contributed by atoms with Crippen molar-refractivity contribution in [3.8, 4) is 0 Å². The van der Waals surface area contributed by atoms with Crippen molar-refractivity contribution < 1.29 is 13.9 Å². The zero-order chi connectivity index (χ0) is 19.6. The van der Waals surface area contributed by atoms with E-state index < -0.39 is 11.7 Å². The second-order valence-corrected chi connectivity index (χ2v) is 8.06. The Morgan fingerprint density at radius 1 is 1.30 bits per heavy atom. The summed E-state index contributed by atoms with van der Waals surface area (Å²) in [6, 6.07) is 14.2. The maximum atomic E-state index is 14.5. The third-order valence-electron chi connectivity index (χ3n) is 5.05. The SMILES string of the molecule is C=C(C)CC1(c2ccccc2F)CCN(C(C)c2ccc(Br)cc2)C(=O)O1. The smallest absolute Gasteiger partial charge is 0.411 e. The molecule has 1 fully saturated rings. The Hall–Kier alpha value is -2.14. The summed E-state index contributed by atoms with van der Waals surface area (Å²) in [5.41, 5.74) is 1.27. The van der Waals surface area contributed by atoms with E-state index in [-0.39, 0.29) is 11.9 Å². The van der Waals surface area contributed by atoms with Crippen LogP contribution >= 0.6 is 15.9 Å². The van der Waals surface area contributed by atoms with E-state index in [0.717, 1.165) is 15.6 Å². The predicted octanol–water partition coefficient (Wildman–Crippen LogP) is 6.35. The molecule has 2 aromatic carbocycles. The number of carbonyl (C=O) groups excluding carboxylic acids is 1. The molecule has 0 bridgehead atoms. The molecule has 27 heavy (non-hydrogen) atoms. The minimum absolute atomic E-state index is 0.131. The molecule has 3 nitrogen and oxygen atoms in total. The lowest BCUT2D eigenvalue weighted by Gasteiger charge is -2.43. The summed E-state index contributed by atoms with van der Waals surface area (Å²) in [6.07, 6.45) is 0.481. The lowest BCUT2D eigenvalue weighted by Crippen LogP contribution is -2.49. The molecule has 0 saturated carbocycles. The van der Waals surface area contributed by atoms with E-state index in [2.05, 4.69) is 22.5 Å². The number of benzene rings is 2. The molecule has 2 unspecified atom stereocenters. The lowest BCUT2D eigenvalue weighted by atomic mass is 9.83. The van der Waals surface area contributed by atoms with Gasteiger partial charge in [-0.05, 0) is 37.6 Å². The third kappa shape index (κ3) is 4.08. The molecule has 2 atom stereocenters. The van der Waals surface area contributed by atoms with Gasteiger partial charge in [0.1, 0.15) is 11.4 Å². The molecule has 1 aliphatic heterocycles. The third-order valence-corrected chi connectivity index (χ3v) is 5.57. The maximum Gasteiger partial charge on any atom is 0.411 e. The second-order valence-electron chi connectivity index (χ2n) is 7.15. The normalized spacial score (nSPS) is 20.9. The van der Waals surface area contributed by atoms with Crippen molar-refractivity contribution >= 4 is 22.0 Å². The summed E-state index contributed by atoms with van der Waals surface area (Å²) in [4.78, 5) is 14.6. The van der Waals surface area contributed by atoms with Crippen molar-refractivity contribution in [2.24, 2.45) is 0 Å². The summed E-state index contributed by atoms with van der Waals surface area (Å²) in [7, 11) is 0. The van der Waals surface area contributed by atoms with Crippen LogP contribution in [-0.2, 0) is 10.3 Å². The highest BCUT2D eigenvalue weighted by Crippen LogP contribution is 2.42. The average molecular weight is 432 g/mol. The number of ether oxygens (including phenoxy) is 1. The van der Waals surface area contributed by atoms with Gasteiger partial charge in [0.15, 0.2) is 0 Å². The molecule has 1 saturated heterocycles. The number of amides is 1. The van der Waals surface area contributed by atoms with Crippen LogP contribution in [0.5, 0.6) is 0 Å². The van der Waals surface area contributed by atoms with Crippen molar-refractivity contribution in [2.75, 3.05) is 6.54 Å². The highest BCUT2D eigenvalue weighted by atomic mass is 79.9. The van der Waals surface area contributed by atoms with E-state index in [1.807, 2.05) is 38.1 Å². The molecule has 0 aromatic heterocycles. The van der Waals surface area contributed by atoms with Gasteiger partial charge in [0.25, 0.3) is 0 Å². The molecule has 1 heterocycles. The molecule has 5 heteroatoms. The van der Waals surface area contributed by atoms with Crippen LogP contribution in [0.3, 0.4) is 0 Å². The van der Waals surface area contributed by atoms with Gasteiger partial charge in [0, 0.05) is 29.4 Å². The number of halogens is 2. The number of cyclic esters (lactones) is 1. The highest BCUT2D eigenvalue weighted by molar-refractivity contribution is 9.10. The lowest BCUT2D eigenvalue weighted by molar-refractivity contribution is -0.0620. The second kappa shape index (κ2) is 7.85. The summed E-state index contributed by atoms with van der Waals surface area (Å²) in [5, 5.41) is 0. The topological polar surface area (TPSA) is 29.5 Å². The van der Waals surface area contributed by atoms with Crippen LogP contribution in [0.1, 0.15) is 43.9 Å². The van der Waals surface area contributed by atoms with Gasteiger partial charge >= 0.3 is 6.09 Å². The molecular weight excluding hydrogens is 409 g/mol. The van der Waals surface area contributed by atoms with Crippen LogP contribution in [0, 0.1) is 5.82 Å². The van der Waals surface area contributed by atoms with Crippen LogP contribution < -0.4 is 0 Å². The van der Waals surface area contributed by atoms with Crippen LogP contribution in [0.2, 0.25) is 0 Å². The van der Waals surface area contributed by atoms with Gasteiger partial charge in [0.2, 0.25) is 0 Å². The molecule has 1 aliphatic rings. The monoisotopic (exact) mass is 431 g/mol. The number of carbonyl (C=O) groups is 1. The van der Waals surface area contributed by atoms with E-state index in [1.54, 1.807) is 23.1 Å². The first-order valence-corrected chi connectivity index (χ1v) is 9.76. The molecular formula is C22H23BrFNO2. The quantitative estimate of drug-likeness (QED) is 0.515. The number of hydrogen-bond acceptors (Lipinski definition) is 2. The Balaban J connectivity index is 1.88. The Bertz CT molecular complexity index is 852. The van der Waals surface area contributed by atoms with E-state index in [0.29, 0.717) is 24.9 Å². The minimum Gasteiger partial charge on any atom is -0.437 e. The molecule has 142 valence electrons. The molecule has 0 aliphatic carbocycles. The van der Waals surface area contributed by atoms with Crippen molar-refractivity contribution in [3.05, 3.63) is 82.1 Å². The fourth-order valence-electron chi connectivity index (χ4n) is 3.67. The van der Waals surface area contributed by atoms with Crippen LogP contribution in [0.4, 0.5) is 9.18 Å². The summed E-state index contributed by atoms with van der Waals surface area (Å²) < 4.78 is 21.4. The summed E-state index contributed by atoms with van der Waals surface area (Å²) in [5.74, 6) is -0.360. The molecule has 0 spiro atoms. The molecule has 1 amide bonds. The van der Waals surface area contributed by atoms with Crippen molar-refractivity contribution in [3.63, 3.8) is 0 Å². The van der Waals surface area contributed by atoms with Crippen LogP contribution in [0.25, 0.3) is 0 Å².